The molecule has 1 heterocycles. The number of carboxylic acid groups (broad SMARTS) is 1. The van der Waals surface area contributed by atoms with Gasteiger partial charge >= 0.3 is 11.9 Å². The zero-order valence-electron chi connectivity index (χ0n) is 15.4. The quantitative estimate of drug-likeness (QED) is 0.461. The number of benzene rings is 1. The van der Waals surface area contributed by atoms with Crippen LogP contribution in [0.15, 0.2) is 11.6 Å². The monoisotopic (exact) mass is 356 g/mol. The maximum absolute atomic E-state index is 12.0. The van der Waals surface area contributed by atoms with Gasteiger partial charge < -0.3 is 14.9 Å². The number of aromatic hydroxyl groups is 1. The van der Waals surface area contributed by atoms with E-state index < -0.39 is 11.9 Å². The molecular formula is C21H24O5. The van der Waals surface area contributed by atoms with Gasteiger partial charge in [0.25, 0.3) is 0 Å². The number of carbonyl (C=O) groups excluding carboxylic acids is 1. The van der Waals surface area contributed by atoms with Crippen LogP contribution in [-0.4, -0.2) is 22.2 Å². The molecule has 0 aliphatic carbocycles. The first kappa shape index (κ1) is 19.6. The van der Waals surface area contributed by atoms with Crippen LogP contribution in [0, 0.1) is 18.8 Å². The summed E-state index contributed by atoms with van der Waals surface area (Å²) in [6.45, 7) is 5.94. The highest BCUT2D eigenvalue weighted by Gasteiger charge is 2.31. The van der Waals surface area contributed by atoms with Gasteiger partial charge in [0.1, 0.15) is 17.9 Å². The first-order valence-electron chi connectivity index (χ1n) is 8.73. The topological polar surface area (TPSA) is 83.8 Å². The minimum absolute atomic E-state index is 0.0383. The number of ether oxygens (including phenoxy) is 1. The van der Waals surface area contributed by atoms with E-state index in [1.807, 2.05) is 26.8 Å². The van der Waals surface area contributed by atoms with Crippen molar-refractivity contribution >= 4 is 11.9 Å². The summed E-state index contributed by atoms with van der Waals surface area (Å²) in [4.78, 5) is 22.7. The fraction of sp³-hybridized carbons (Fsp3) is 0.429. The third-order valence-electron chi connectivity index (χ3n) is 4.60. The summed E-state index contributed by atoms with van der Waals surface area (Å²) in [5, 5.41) is 19.5. The van der Waals surface area contributed by atoms with E-state index in [0.29, 0.717) is 24.8 Å². The molecule has 0 saturated carbocycles. The first-order valence-corrected chi connectivity index (χ1v) is 8.73. The molecule has 5 nitrogen and oxygen atoms in total. The molecule has 1 aromatic carbocycles. The summed E-state index contributed by atoms with van der Waals surface area (Å²) in [5.74, 6) is 4.76. The predicted molar refractivity (Wildman–Crippen MR) is 98.1 cm³/mol. The van der Waals surface area contributed by atoms with Crippen LogP contribution >= 0.6 is 0 Å². The molecule has 0 unspecified atom stereocenters. The van der Waals surface area contributed by atoms with Crippen molar-refractivity contribution in [2.45, 2.75) is 59.5 Å². The minimum Gasteiger partial charge on any atom is -0.507 e. The number of hydrogen-bond acceptors (Lipinski definition) is 4. The summed E-state index contributed by atoms with van der Waals surface area (Å²) in [6, 6.07) is 0. The summed E-state index contributed by atoms with van der Waals surface area (Å²) < 4.78 is 5.10. The smallest absolute Gasteiger partial charge is 0.342 e. The Morgan fingerprint density at radius 1 is 1.27 bits per heavy atom. The standard InChI is InChI=1S/C21H24O5/c1-4-5-6-7-15-14(3)17-12-26-21(25)19(17)20(24)16(15)10-8-13(2)9-11-18(22)23/h8,24H,4,7,9-12H2,1-3H3,(H,22,23). The molecule has 0 aromatic heterocycles. The number of phenols is 1. The molecular weight excluding hydrogens is 332 g/mol. The zero-order valence-corrected chi connectivity index (χ0v) is 15.4. The van der Waals surface area contributed by atoms with Crippen molar-refractivity contribution in [1.82, 2.24) is 0 Å². The first-order chi connectivity index (χ1) is 12.4. The number of allylic oxidation sites excluding steroid dienone is 2. The van der Waals surface area contributed by atoms with E-state index >= 15 is 0 Å². The Bertz CT molecular complexity index is 821. The van der Waals surface area contributed by atoms with Gasteiger partial charge in [-0.2, -0.15) is 0 Å². The summed E-state index contributed by atoms with van der Waals surface area (Å²) >= 11 is 0. The molecule has 0 spiro atoms. The van der Waals surface area contributed by atoms with E-state index in [9.17, 15) is 14.7 Å². The van der Waals surface area contributed by atoms with Crippen molar-refractivity contribution in [1.29, 1.82) is 0 Å². The maximum atomic E-state index is 12.0. The number of aliphatic carboxylic acids is 1. The molecule has 0 atom stereocenters. The van der Waals surface area contributed by atoms with Gasteiger partial charge in [0.15, 0.2) is 0 Å². The Labute approximate surface area is 153 Å². The molecule has 2 rings (SSSR count). The average Bonchev–Trinajstić information content (AvgIpc) is 2.99. The number of esters is 1. The van der Waals surface area contributed by atoms with E-state index in [2.05, 4.69) is 11.8 Å². The Kier molecular flexibility index (Phi) is 6.46. The van der Waals surface area contributed by atoms with Gasteiger partial charge in [0.05, 0.1) is 0 Å². The van der Waals surface area contributed by atoms with Crippen LogP contribution in [0.5, 0.6) is 5.75 Å². The Hall–Kier alpha value is -2.74. The van der Waals surface area contributed by atoms with Crippen LogP contribution in [0.25, 0.3) is 0 Å². The molecule has 138 valence electrons. The van der Waals surface area contributed by atoms with Crippen molar-refractivity contribution in [3.63, 3.8) is 0 Å². The van der Waals surface area contributed by atoms with Gasteiger partial charge in [0, 0.05) is 30.4 Å². The number of rotatable bonds is 6. The van der Waals surface area contributed by atoms with Gasteiger partial charge in [-0.15, -0.1) is 5.92 Å². The summed E-state index contributed by atoms with van der Waals surface area (Å²) in [6.07, 6.45) is 4.08. The second-order valence-corrected chi connectivity index (χ2v) is 6.39. The zero-order chi connectivity index (χ0) is 19.3. The fourth-order valence-electron chi connectivity index (χ4n) is 3.06. The third-order valence-corrected chi connectivity index (χ3v) is 4.60. The van der Waals surface area contributed by atoms with Crippen LogP contribution in [0.1, 0.15) is 65.7 Å². The largest absolute Gasteiger partial charge is 0.507 e. The van der Waals surface area contributed by atoms with Gasteiger partial charge in [0.2, 0.25) is 0 Å². The lowest BCUT2D eigenvalue weighted by atomic mass is 9.88. The molecule has 5 heteroatoms. The molecule has 0 radical (unpaired) electrons. The van der Waals surface area contributed by atoms with Gasteiger partial charge in [-0.25, -0.2) is 4.79 Å². The SMILES string of the molecule is CCC#CCc1c(C)c2c(c(O)c1CC=C(C)CCC(=O)O)C(=O)OC2. The van der Waals surface area contributed by atoms with E-state index in [1.54, 1.807) is 0 Å². The van der Waals surface area contributed by atoms with E-state index in [-0.39, 0.29) is 24.3 Å². The van der Waals surface area contributed by atoms with Crippen molar-refractivity contribution in [3.05, 3.63) is 39.5 Å². The number of carboxylic acids is 1. The molecule has 0 saturated heterocycles. The van der Waals surface area contributed by atoms with E-state index in [4.69, 9.17) is 9.84 Å². The normalized spacial score (nSPS) is 13.0. The second-order valence-electron chi connectivity index (χ2n) is 6.39. The Balaban J connectivity index is 2.43. The van der Waals surface area contributed by atoms with Crippen LogP contribution in [0.4, 0.5) is 0 Å². The van der Waals surface area contributed by atoms with Crippen LogP contribution in [-0.2, 0) is 29.0 Å². The van der Waals surface area contributed by atoms with Crippen molar-refractivity contribution in [3.8, 4) is 17.6 Å². The molecule has 26 heavy (non-hydrogen) atoms. The lowest BCUT2D eigenvalue weighted by Gasteiger charge is -2.15. The lowest BCUT2D eigenvalue weighted by molar-refractivity contribution is -0.136. The molecule has 2 N–H and O–H groups in total. The molecule has 0 fully saturated rings. The van der Waals surface area contributed by atoms with Gasteiger partial charge in [-0.3, -0.25) is 4.79 Å². The fourth-order valence-corrected chi connectivity index (χ4v) is 3.06. The Morgan fingerprint density at radius 3 is 2.65 bits per heavy atom. The molecule has 1 aliphatic rings. The Morgan fingerprint density at radius 2 is 2.00 bits per heavy atom. The predicted octanol–water partition coefficient (Wildman–Crippen LogP) is 3.68. The highest BCUT2D eigenvalue weighted by molar-refractivity contribution is 5.97. The molecule has 1 aromatic rings. The summed E-state index contributed by atoms with van der Waals surface area (Å²) in [5.41, 5.74) is 4.43. The average molecular weight is 356 g/mol. The highest BCUT2D eigenvalue weighted by Crippen LogP contribution is 2.38. The second kappa shape index (κ2) is 8.57. The lowest BCUT2D eigenvalue weighted by Crippen LogP contribution is -2.05. The third kappa shape index (κ3) is 4.26. The number of fused-ring (bicyclic) bond motifs is 1. The van der Waals surface area contributed by atoms with Gasteiger partial charge in [-0.1, -0.05) is 24.5 Å². The molecule has 1 aliphatic heterocycles. The number of hydrogen-bond donors (Lipinski definition) is 2. The highest BCUT2D eigenvalue weighted by atomic mass is 16.5. The summed E-state index contributed by atoms with van der Waals surface area (Å²) in [7, 11) is 0. The maximum Gasteiger partial charge on any atom is 0.342 e. The van der Waals surface area contributed by atoms with Crippen LogP contribution in [0.2, 0.25) is 0 Å². The molecule has 0 bridgehead atoms. The number of phenolic OH excluding ortho intramolecular Hbond substituents is 1. The van der Waals surface area contributed by atoms with Crippen molar-refractivity contribution in [2.24, 2.45) is 0 Å². The van der Waals surface area contributed by atoms with Gasteiger partial charge in [-0.05, 0) is 37.8 Å². The van der Waals surface area contributed by atoms with Crippen LogP contribution < -0.4 is 0 Å². The van der Waals surface area contributed by atoms with E-state index in [0.717, 1.165) is 28.7 Å². The van der Waals surface area contributed by atoms with Crippen molar-refractivity contribution < 1.29 is 24.5 Å². The van der Waals surface area contributed by atoms with Crippen LogP contribution in [0.3, 0.4) is 0 Å². The van der Waals surface area contributed by atoms with Crippen molar-refractivity contribution in [2.75, 3.05) is 0 Å². The number of cyclic esters (lactones) is 1. The number of carbonyl (C=O) groups is 2. The van der Waals surface area contributed by atoms with E-state index in [1.165, 1.54) is 0 Å². The molecule has 0 amide bonds. The minimum atomic E-state index is -0.841.